The third-order valence-electron chi connectivity index (χ3n) is 5.83. The molecule has 2 N–H and O–H groups in total. The van der Waals surface area contributed by atoms with E-state index in [0.717, 1.165) is 60.8 Å². The Balaban J connectivity index is 1.76. The van der Waals surface area contributed by atoms with Crippen LogP contribution >= 0.6 is 0 Å². The molecular weight excluding hydrogens is 346 g/mol. The number of anilines is 1. The number of nitrogens with one attached hydrogen (secondary N) is 2. The maximum absolute atomic E-state index is 13.4. The van der Waals surface area contributed by atoms with Gasteiger partial charge in [0.1, 0.15) is 6.04 Å². The van der Waals surface area contributed by atoms with Crippen LogP contribution in [0.1, 0.15) is 42.0 Å². The van der Waals surface area contributed by atoms with Gasteiger partial charge in [-0.3, -0.25) is 9.69 Å². The first-order valence-electron chi connectivity index (χ1n) is 10.4. The van der Waals surface area contributed by atoms with Crippen molar-refractivity contribution in [1.82, 2.24) is 10.2 Å². The van der Waals surface area contributed by atoms with E-state index in [1.807, 2.05) is 32.2 Å². The molecule has 0 saturated carbocycles. The van der Waals surface area contributed by atoms with Crippen molar-refractivity contribution in [3.05, 3.63) is 65.2 Å². The van der Waals surface area contributed by atoms with E-state index in [4.69, 9.17) is 0 Å². The van der Waals surface area contributed by atoms with Gasteiger partial charge in [-0.25, -0.2) is 0 Å². The second-order valence-electron chi connectivity index (χ2n) is 7.99. The number of piperidine rings is 1. The van der Waals surface area contributed by atoms with Crippen molar-refractivity contribution in [2.45, 2.75) is 39.2 Å². The zero-order valence-electron chi connectivity index (χ0n) is 17.4. The van der Waals surface area contributed by atoms with E-state index in [1.54, 1.807) is 0 Å². The SMILES string of the molecule is CNCCC1CCN(C(C(=O)Nc2cc(C)ccc2C)c2ccccc2)CC1. The fourth-order valence-electron chi connectivity index (χ4n) is 4.08. The number of nitrogens with zero attached hydrogens (tertiary/aromatic N) is 1. The first kappa shape index (κ1) is 20.6. The van der Waals surface area contributed by atoms with Crippen LogP contribution < -0.4 is 10.6 Å². The molecule has 4 heteroatoms. The lowest BCUT2D eigenvalue weighted by Gasteiger charge is -2.37. The van der Waals surface area contributed by atoms with E-state index in [0.29, 0.717) is 0 Å². The number of amides is 1. The Bertz CT molecular complexity index is 767. The summed E-state index contributed by atoms with van der Waals surface area (Å²) in [6.45, 7) is 7.10. The zero-order valence-corrected chi connectivity index (χ0v) is 17.4. The highest BCUT2D eigenvalue weighted by atomic mass is 16.2. The van der Waals surface area contributed by atoms with Gasteiger partial charge in [0.25, 0.3) is 0 Å². The maximum atomic E-state index is 13.4. The van der Waals surface area contributed by atoms with Crippen LogP contribution in [0.2, 0.25) is 0 Å². The van der Waals surface area contributed by atoms with E-state index in [-0.39, 0.29) is 11.9 Å². The molecule has 1 atom stereocenters. The smallest absolute Gasteiger partial charge is 0.246 e. The summed E-state index contributed by atoms with van der Waals surface area (Å²) >= 11 is 0. The predicted octanol–water partition coefficient (Wildman–Crippen LogP) is 4.30. The van der Waals surface area contributed by atoms with E-state index in [2.05, 4.69) is 52.8 Å². The molecule has 1 amide bonds. The Morgan fingerprint density at radius 3 is 2.50 bits per heavy atom. The maximum Gasteiger partial charge on any atom is 0.246 e. The van der Waals surface area contributed by atoms with Crippen LogP contribution in [0, 0.1) is 19.8 Å². The second-order valence-corrected chi connectivity index (χ2v) is 7.99. The van der Waals surface area contributed by atoms with Crippen molar-refractivity contribution in [1.29, 1.82) is 0 Å². The number of benzene rings is 2. The van der Waals surface area contributed by atoms with Crippen molar-refractivity contribution in [2.75, 3.05) is 32.0 Å². The van der Waals surface area contributed by atoms with E-state index in [9.17, 15) is 4.79 Å². The predicted molar refractivity (Wildman–Crippen MR) is 117 cm³/mol. The van der Waals surface area contributed by atoms with Crippen LogP contribution in [-0.2, 0) is 4.79 Å². The van der Waals surface area contributed by atoms with Gasteiger partial charge in [-0.15, -0.1) is 0 Å². The summed E-state index contributed by atoms with van der Waals surface area (Å²) in [5.74, 6) is 0.816. The summed E-state index contributed by atoms with van der Waals surface area (Å²) in [6, 6.07) is 16.1. The molecule has 0 aromatic heterocycles. The number of carbonyl (C=O) groups excluding carboxylic acids is 1. The highest BCUT2D eigenvalue weighted by Crippen LogP contribution is 2.30. The van der Waals surface area contributed by atoms with Crippen LogP contribution in [0.3, 0.4) is 0 Å². The highest BCUT2D eigenvalue weighted by molar-refractivity contribution is 5.96. The lowest BCUT2D eigenvalue weighted by molar-refractivity contribution is -0.122. The lowest BCUT2D eigenvalue weighted by atomic mass is 9.91. The first-order chi connectivity index (χ1) is 13.6. The minimum absolute atomic E-state index is 0.0635. The molecule has 0 aliphatic carbocycles. The molecule has 1 unspecified atom stereocenters. The average molecular weight is 380 g/mol. The Kier molecular flexibility index (Phi) is 7.24. The van der Waals surface area contributed by atoms with Gasteiger partial charge in [0.2, 0.25) is 5.91 Å². The van der Waals surface area contributed by atoms with Gasteiger partial charge in [-0.2, -0.15) is 0 Å². The van der Waals surface area contributed by atoms with E-state index in [1.165, 1.54) is 6.42 Å². The molecule has 0 bridgehead atoms. The first-order valence-corrected chi connectivity index (χ1v) is 10.4. The molecule has 0 radical (unpaired) electrons. The van der Waals surface area contributed by atoms with Crippen molar-refractivity contribution < 1.29 is 4.79 Å². The molecule has 4 nitrogen and oxygen atoms in total. The van der Waals surface area contributed by atoms with Crippen LogP contribution in [-0.4, -0.2) is 37.5 Å². The van der Waals surface area contributed by atoms with Gasteiger partial charge in [0, 0.05) is 5.69 Å². The van der Waals surface area contributed by atoms with Gasteiger partial charge in [0.15, 0.2) is 0 Å². The fourth-order valence-corrected chi connectivity index (χ4v) is 4.08. The number of likely N-dealkylation sites (tertiary alicyclic amines) is 1. The van der Waals surface area contributed by atoms with E-state index >= 15 is 0 Å². The molecule has 1 fully saturated rings. The van der Waals surface area contributed by atoms with Gasteiger partial charge in [-0.1, -0.05) is 42.5 Å². The van der Waals surface area contributed by atoms with Crippen LogP contribution in [0.4, 0.5) is 5.69 Å². The van der Waals surface area contributed by atoms with E-state index < -0.39 is 0 Å². The molecule has 28 heavy (non-hydrogen) atoms. The summed E-state index contributed by atoms with van der Waals surface area (Å²) in [4.78, 5) is 15.7. The Hall–Kier alpha value is -2.17. The zero-order chi connectivity index (χ0) is 19.9. The summed E-state index contributed by atoms with van der Waals surface area (Å²) < 4.78 is 0. The summed E-state index contributed by atoms with van der Waals surface area (Å²) in [7, 11) is 2.01. The quantitative estimate of drug-likeness (QED) is 0.754. The highest BCUT2D eigenvalue weighted by Gasteiger charge is 2.31. The standard InChI is InChI=1S/C24H33N3O/c1-18-9-10-19(2)22(17-18)26-24(28)23(21-7-5-4-6-8-21)27-15-12-20(13-16-27)11-14-25-3/h4-10,17,20,23,25H,11-16H2,1-3H3,(H,26,28). The molecule has 150 valence electrons. The van der Waals surface area contributed by atoms with Crippen molar-refractivity contribution in [2.24, 2.45) is 5.92 Å². The molecular formula is C24H33N3O. The van der Waals surface area contributed by atoms with Crippen LogP contribution in [0.25, 0.3) is 0 Å². The second kappa shape index (κ2) is 9.85. The normalized spacial score (nSPS) is 16.7. The number of hydrogen-bond acceptors (Lipinski definition) is 3. The summed E-state index contributed by atoms with van der Waals surface area (Å²) in [5, 5.41) is 6.45. The molecule has 1 aliphatic rings. The van der Waals surface area contributed by atoms with Crippen molar-refractivity contribution in [3.63, 3.8) is 0 Å². The number of carbonyl (C=O) groups is 1. The molecule has 1 aliphatic heterocycles. The monoisotopic (exact) mass is 379 g/mol. The molecule has 2 aromatic rings. The van der Waals surface area contributed by atoms with Gasteiger partial charge in [-0.05, 0) is 88.5 Å². The molecule has 1 saturated heterocycles. The lowest BCUT2D eigenvalue weighted by Crippen LogP contribution is -2.42. The summed E-state index contributed by atoms with van der Waals surface area (Å²) in [5.41, 5.74) is 4.23. The van der Waals surface area contributed by atoms with Crippen molar-refractivity contribution >= 4 is 11.6 Å². The number of aryl methyl sites for hydroxylation is 2. The van der Waals surface area contributed by atoms with Gasteiger partial charge in [0.05, 0.1) is 0 Å². The van der Waals surface area contributed by atoms with Crippen molar-refractivity contribution in [3.8, 4) is 0 Å². The molecule has 2 aromatic carbocycles. The molecule has 0 spiro atoms. The largest absolute Gasteiger partial charge is 0.324 e. The summed E-state index contributed by atoms with van der Waals surface area (Å²) in [6.07, 6.45) is 3.53. The number of rotatable bonds is 7. The van der Waals surface area contributed by atoms with Gasteiger partial charge >= 0.3 is 0 Å². The van der Waals surface area contributed by atoms with Crippen LogP contribution in [0.5, 0.6) is 0 Å². The Morgan fingerprint density at radius 1 is 1.11 bits per heavy atom. The minimum Gasteiger partial charge on any atom is -0.324 e. The van der Waals surface area contributed by atoms with Crippen LogP contribution in [0.15, 0.2) is 48.5 Å². The number of hydrogen-bond donors (Lipinski definition) is 2. The average Bonchev–Trinajstić information content (AvgIpc) is 2.71. The Labute approximate surface area is 169 Å². The topological polar surface area (TPSA) is 44.4 Å². The minimum atomic E-state index is -0.244. The fraction of sp³-hybridized carbons (Fsp3) is 0.458. The molecule has 1 heterocycles. The molecule has 3 rings (SSSR count). The third kappa shape index (κ3) is 5.21. The Morgan fingerprint density at radius 2 is 1.82 bits per heavy atom. The van der Waals surface area contributed by atoms with Gasteiger partial charge < -0.3 is 10.6 Å². The third-order valence-corrected chi connectivity index (χ3v) is 5.83.